The quantitative estimate of drug-likeness (QED) is 0.601. The molecule has 5 nitrogen and oxygen atoms in total. The molecule has 0 aliphatic heterocycles. The minimum absolute atomic E-state index is 0.347. The van der Waals surface area contributed by atoms with Crippen LogP contribution in [0.4, 0.5) is 5.69 Å². The monoisotopic (exact) mass is 327 g/mol. The van der Waals surface area contributed by atoms with Crippen molar-refractivity contribution in [3.05, 3.63) is 54.1 Å². The molecule has 0 heterocycles. The third kappa shape index (κ3) is 5.50. The van der Waals surface area contributed by atoms with Crippen LogP contribution in [0.2, 0.25) is 0 Å². The highest BCUT2D eigenvalue weighted by molar-refractivity contribution is 5.93. The molecular formula is C19H25N3O2. The van der Waals surface area contributed by atoms with E-state index in [0.717, 1.165) is 22.7 Å². The van der Waals surface area contributed by atoms with Gasteiger partial charge in [-0.05, 0) is 35.7 Å². The van der Waals surface area contributed by atoms with E-state index in [9.17, 15) is 0 Å². The van der Waals surface area contributed by atoms with Gasteiger partial charge < -0.3 is 20.5 Å². The number of guanidine groups is 1. The molecule has 0 saturated carbocycles. The van der Waals surface area contributed by atoms with Crippen LogP contribution < -0.4 is 20.5 Å². The van der Waals surface area contributed by atoms with Gasteiger partial charge in [-0.2, -0.15) is 0 Å². The van der Waals surface area contributed by atoms with Crippen LogP contribution in [0.15, 0.2) is 53.5 Å². The summed E-state index contributed by atoms with van der Waals surface area (Å²) in [5.74, 6) is 2.45. The first-order valence-corrected chi connectivity index (χ1v) is 8.00. The summed E-state index contributed by atoms with van der Waals surface area (Å²) in [6.07, 6.45) is 0. The maximum absolute atomic E-state index is 5.95. The minimum atomic E-state index is 0.347. The molecule has 2 aromatic rings. The molecule has 0 saturated heterocycles. The Morgan fingerprint density at radius 1 is 1.12 bits per heavy atom. The second-order valence-electron chi connectivity index (χ2n) is 5.88. The number of benzene rings is 2. The molecule has 0 unspecified atom stereocenters. The Hall–Kier alpha value is -2.69. The number of hydrogen-bond acceptors (Lipinski definition) is 3. The molecule has 0 amide bonds. The van der Waals surface area contributed by atoms with Crippen LogP contribution in [0.5, 0.6) is 11.5 Å². The molecule has 0 aliphatic rings. The van der Waals surface area contributed by atoms with Crippen molar-refractivity contribution in [1.82, 2.24) is 0 Å². The largest absolute Gasteiger partial charge is 0.495 e. The Kier molecular flexibility index (Phi) is 6.49. The fraction of sp³-hybridized carbons (Fsp3) is 0.316. The number of rotatable bonds is 7. The zero-order valence-corrected chi connectivity index (χ0v) is 14.5. The zero-order chi connectivity index (χ0) is 17.4. The first-order chi connectivity index (χ1) is 11.6. The number of para-hydroxylation sites is 2. The molecule has 3 N–H and O–H groups in total. The molecule has 2 aromatic carbocycles. The van der Waals surface area contributed by atoms with Crippen molar-refractivity contribution < 1.29 is 9.47 Å². The van der Waals surface area contributed by atoms with Crippen LogP contribution in [0, 0.1) is 5.92 Å². The normalized spacial score (nSPS) is 11.4. The van der Waals surface area contributed by atoms with E-state index in [0.29, 0.717) is 25.0 Å². The van der Waals surface area contributed by atoms with Gasteiger partial charge in [0.15, 0.2) is 5.96 Å². The lowest BCUT2D eigenvalue weighted by atomic mass is 10.2. The lowest BCUT2D eigenvalue weighted by Crippen LogP contribution is -2.22. The number of aliphatic imine (C=N–C) groups is 1. The van der Waals surface area contributed by atoms with Crippen LogP contribution in [-0.4, -0.2) is 19.7 Å². The molecule has 2 rings (SSSR count). The summed E-state index contributed by atoms with van der Waals surface area (Å²) in [5, 5.41) is 3.05. The molecule has 0 atom stereocenters. The van der Waals surface area contributed by atoms with Gasteiger partial charge >= 0.3 is 0 Å². The number of hydrogen-bond donors (Lipinski definition) is 2. The first-order valence-electron chi connectivity index (χ1n) is 8.00. The Bertz CT molecular complexity index is 667. The molecule has 128 valence electrons. The van der Waals surface area contributed by atoms with Crippen molar-refractivity contribution in [3.8, 4) is 11.5 Å². The summed E-state index contributed by atoms with van der Waals surface area (Å²) in [7, 11) is 1.62. The lowest BCUT2D eigenvalue weighted by Gasteiger charge is -2.10. The van der Waals surface area contributed by atoms with Crippen LogP contribution in [0.25, 0.3) is 0 Å². The van der Waals surface area contributed by atoms with E-state index in [1.165, 1.54) is 0 Å². The lowest BCUT2D eigenvalue weighted by molar-refractivity contribution is 0.271. The van der Waals surface area contributed by atoms with E-state index in [2.05, 4.69) is 24.2 Å². The van der Waals surface area contributed by atoms with Gasteiger partial charge in [0, 0.05) is 0 Å². The van der Waals surface area contributed by atoms with Gasteiger partial charge in [0.1, 0.15) is 11.5 Å². The number of nitrogens with two attached hydrogens (primary N) is 1. The van der Waals surface area contributed by atoms with Crippen molar-refractivity contribution >= 4 is 11.6 Å². The summed E-state index contributed by atoms with van der Waals surface area (Å²) in [6, 6.07) is 15.5. The van der Waals surface area contributed by atoms with Crippen molar-refractivity contribution in [3.63, 3.8) is 0 Å². The summed E-state index contributed by atoms with van der Waals surface area (Å²) in [5.41, 5.74) is 7.80. The molecule has 0 radical (unpaired) electrons. The van der Waals surface area contributed by atoms with Crippen LogP contribution in [-0.2, 0) is 6.54 Å². The van der Waals surface area contributed by atoms with E-state index in [1.54, 1.807) is 7.11 Å². The molecule has 0 fully saturated rings. The number of nitrogens with zero attached hydrogens (tertiary/aromatic N) is 1. The summed E-state index contributed by atoms with van der Waals surface area (Å²) in [4.78, 5) is 4.36. The highest BCUT2D eigenvalue weighted by Gasteiger charge is 2.02. The molecule has 5 heteroatoms. The van der Waals surface area contributed by atoms with E-state index in [4.69, 9.17) is 15.2 Å². The van der Waals surface area contributed by atoms with Gasteiger partial charge in [-0.15, -0.1) is 0 Å². The van der Waals surface area contributed by atoms with E-state index < -0.39 is 0 Å². The number of nitrogens with one attached hydrogen (secondary N) is 1. The van der Waals surface area contributed by atoms with Crippen molar-refractivity contribution in [2.45, 2.75) is 20.4 Å². The Morgan fingerprint density at radius 2 is 1.83 bits per heavy atom. The average Bonchev–Trinajstić information content (AvgIpc) is 2.59. The fourth-order valence-corrected chi connectivity index (χ4v) is 2.06. The van der Waals surface area contributed by atoms with Crippen molar-refractivity contribution in [2.24, 2.45) is 16.6 Å². The SMILES string of the molecule is COc1ccccc1NC(N)=NCc1ccc(OCC(C)C)cc1. The van der Waals surface area contributed by atoms with E-state index in [1.807, 2.05) is 48.5 Å². The first kappa shape index (κ1) is 17.7. The Labute approximate surface area is 143 Å². The third-order valence-electron chi connectivity index (χ3n) is 3.31. The second-order valence-corrected chi connectivity index (χ2v) is 5.88. The zero-order valence-electron chi connectivity index (χ0n) is 14.5. The fourth-order valence-electron chi connectivity index (χ4n) is 2.06. The predicted molar refractivity (Wildman–Crippen MR) is 98.7 cm³/mol. The number of anilines is 1. The maximum Gasteiger partial charge on any atom is 0.193 e. The van der Waals surface area contributed by atoms with Crippen molar-refractivity contribution in [1.29, 1.82) is 0 Å². The summed E-state index contributed by atoms with van der Waals surface area (Å²) >= 11 is 0. The highest BCUT2D eigenvalue weighted by atomic mass is 16.5. The van der Waals surface area contributed by atoms with Gasteiger partial charge in [0.2, 0.25) is 0 Å². The third-order valence-corrected chi connectivity index (χ3v) is 3.31. The standard InChI is InChI=1S/C19H25N3O2/c1-14(2)13-24-16-10-8-15(9-11-16)12-21-19(20)22-17-6-4-5-7-18(17)23-3/h4-11,14H,12-13H2,1-3H3,(H3,20,21,22). The van der Waals surface area contributed by atoms with Crippen molar-refractivity contribution in [2.75, 3.05) is 19.0 Å². The van der Waals surface area contributed by atoms with E-state index >= 15 is 0 Å². The Balaban J connectivity index is 1.92. The molecule has 0 spiro atoms. The number of methoxy groups -OCH3 is 1. The molecule has 0 aliphatic carbocycles. The van der Waals surface area contributed by atoms with Gasteiger partial charge in [0.25, 0.3) is 0 Å². The predicted octanol–water partition coefficient (Wildman–Crippen LogP) is 3.66. The molecular weight excluding hydrogens is 302 g/mol. The molecule has 24 heavy (non-hydrogen) atoms. The van der Waals surface area contributed by atoms with Gasteiger partial charge in [-0.1, -0.05) is 38.1 Å². The molecule has 0 bridgehead atoms. The topological polar surface area (TPSA) is 68.9 Å². The minimum Gasteiger partial charge on any atom is -0.495 e. The van der Waals surface area contributed by atoms with Gasteiger partial charge in [0.05, 0.1) is 25.9 Å². The highest BCUT2D eigenvalue weighted by Crippen LogP contribution is 2.22. The Morgan fingerprint density at radius 3 is 2.50 bits per heavy atom. The van der Waals surface area contributed by atoms with Crippen LogP contribution in [0.1, 0.15) is 19.4 Å². The summed E-state index contributed by atoms with van der Waals surface area (Å²) < 4.78 is 10.9. The maximum atomic E-state index is 5.95. The van der Waals surface area contributed by atoms with E-state index in [-0.39, 0.29) is 0 Å². The van der Waals surface area contributed by atoms with Gasteiger partial charge in [-0.3, -0.25) is 0 Å². The smallest absolute Gasteiger partial charge is 0.193 e. The van der Waals surface area contributed by atoms with Gasteiger partial charge in [-0.25, -0.2) is 4.99 Å². The van der Waals surface area contributed by atoms with Crippen LogP contribution >= 0.6 is 0 Å². The average molecular weight is 327 g/mol. The summed E-state index contributed by atoms with van der Waals surface area (Å²) in [6.45, 7) is 5.47. The number of ether oxygens (including phenoxy) is 2. The second kappa shape index (κ2) is 8.82. The van der Waals surface area contributed by atoms with Crippen LogP contribution in [0.3, 0.4) is 0 Å². The molecule has 0 aromatic heterocycles.